The number of rotatable bonds is 12. The Balaban J connectivity index is 1.02. The molecule has 0 saturated carbocycles. The molecule has 13 nitrogen and oxygen atoms in total. The van der Waals surface area contributed by atoms with Gasteiger partial charge in [-0.05, 0) is 31.5 Å². The van der Waals surface area contributed by atoms with E-state index in [1.807, 2.05) is 40.2 Å². The maximum absolute atomic E-state index is 12.6. The molecule has 0 unspecified atom stereocenters. The highest BCUT2D eigenvalue weighted by molar-refractivity contribution is 7.15. The number of alkyl carbamates (subject to hydrolysis) is 1. The number of nitro benzene ring substituents is 1. The molecular weight excluding hydrogens is 629 g/mol. The summed E-state index contributed by atoms with van der Waals surface area (Å²) in [6, 6.07) is 12.4. The van der Waals surface area contributed by atoms with E-state index >= 15 is 0 Å². The molecule has 1 amide bonds. The zero-order valence-electron chi connectivity index (χ0n) is 25.1. The molecular formula is C31H32N8O5S2. The highest BCUT2D eigenvalue weighted by atomic mass is 32.1. The molecule has 4 aromatic heterocycles. The summed E-state index contributed by atoms with van der Waals surface area (Å²) in [5.41, 5.74) is 10.8. The molecule has 6 aromatic rings. The summed E-state index contributed by atoms with van der Waals surface area (Å²) in [6.45, 7) is 4.86. The van der Waals surface area contributed by atoms with E-state index in [-0.39, 0.29) is 12.3 Å². The minimum absolute atomic E-state index is 0.0819. The third kappa shape index (κ3) is 6.57. The number of nitrogens with zero attached hydrogens (tertiary/aromatic N) is 5. The molecule has 0 spiro atoms. The minimum atomic E-state index is -0.896. The van der Waals surface area contributed by atoms with E-state index in [1.165, 1.54) is 17.4 Å². The van der Waals surface area contributed by atoms with Crippen LogP contribution in [-0.4, -0.2) is 53.6 Å². The standard InChI is InChI=1S/C31H32N8O5S2/c1-31(2,12-19-7-8-27(39(42)43)23(11-19)26-15-38-21(16-40)18-46-29(38)36-26)44-30(41)34-10-9-33-13-20-17-45-28-35-25(14-37(20)28)22-5-3-4-6-24(22)32/h3-8,11,14-15,17-18,33,40H,9-10,12-13,16,32H2,1-2H3,(H,34,41). The van der Waals surface area contributed by atoms with Crippen molar-refractivity contribution >= 4 is 50.1 Å². The fourth-order valence-electron chi connectivity index (χ4n) is 5.23. The summed E-state index contributed by atoms with van der Waals surface area (Å²) in [5.74, 6) is 0. The molecule has 0 fully saturated rings. The second-order valence-corrected chi connectivity index (χ2v) is 13.0. The van der Waals surface area contributed by atoms with Crippen LogP contribution in [-0.2, 0) is 24.3 Å². The maximum Gasteiger partial charge on any atom is 0.407 e. The second kappa shape index (κ2) is 12.9. The first-order valence-electron chi connectivity index (χ1n) is 14.4. The summed E-state index contributed by atoms with van der Waals surface area (Å²) in [7, 11) is 0. The number of nitro groups is 1. The summed E-state index contributed by atoms with van der Waals surface area (Å²) < 4.78 is 9.48. The number of fused-ring (bicyclic) bond motifs is 2. The van der Waals surface area contributed by atoms with E-state index in [2.05, 4.69) is 15.6 Å². The normalized spacial score (nSPS) is 11.8. The number of carbonyl (C=O) groups is 1. The van der Waals surface area contributed by atoms with Gasteiger partial charge in [-0.1, -0.05) is 24.3 Å². The lowest BCUT2D eigenvalue weighted by Gasteiger charge is -2.25. The van der Waals surface area contributed by atoms with Gasteiger partial charge in [0.25, 0.3) is 5.69 Å². The van der Waals surface area contributed by atoms with Gasteiger partial charge in [0.1, 0.15) is 5.60 Å². The number of imidazole rings is 2. The first-order chi connectivity index (χ1) is 22.1. The fourth-order valence-corrected chi connectivity index (χ4v) is 6.97. The molecule has 15 heteroatoms. The van der Waals surface area contributed by atoms with Crippen molar-refractivity contribution in [3.05, 3.63) is 92.7 Å². The van der Waals surface area contributed by atoms with Gasteiger partial charge in [0.15, 0.2) is 9.92 Å². The number of para-hydroxylation sites is 1. The minimum Gasteiger partial charge on any atom is -0.443 e. The SMILES string of the molecule is CC(C)(Cc1ccc([N+](=O)[O-])c(-c2cn3c(CO)csc3n2)c1)OC(=O)NCCNCc1csc2nc(-c3ccccc3N)cn12. The van der Waals surface area contributed by atoms with Gasteiger partial charge in [-0.15, -0.1) is 22.7 Å². The van der Waals surface area contributed by atoms with E-state index in [0.29, 0.717) is 53.7 Å². The van der Waals surface area contributed by atoms with Crippen LogP contribution in [0.3, 0.4) is 0 Å². The Morgan fingerprint density at radius 1 is 1.02 bits per heavy atom. The quantitative estimate of drug-likeness (QED) is 0.0591. The molecule has 0 aliphatic carbocycles. The van der Waals surface area contributed by atoms with Crippen LogP contribution in [0.2, 0.25) is 0 Å². The Morgan fingerprint density at radius 3 is 2.39 bits per heavy atom. The number of ether oxygens (including phenoxy) is 1. The monoisotopic (exact) mass is 660 g/mol. The second-order valence-electron chi connectivity index (χ2n) is 11.3. The lowest BCUT2D eigenvalue weighted by Crippen LogP contribution is -2.38. The van der Waals surface area contributed by atoms with Crippen LogP contribution in [0.25, 0.3) is 32.4 Å². The third-order valence-electron chi connectivity index (χ3n) is 7.38. The van der Waals surface area contributed by atoms with Crippen LogP contribution in [0.15, 0.2) is 65.6 Å². The van der Waals surface area contributed by atoms with E-state index in [0.717, 1.165) is 27.5 Å². The zero-order valence-corrected chi connectivity index (χ0v) is 26.7. The first-order valence-corrected chi connectivity index (χ1v) is 16.2. The molecule has 0 bridgehead atoms. The number of hydrogen-bond donors (Lipinski definition) is 4. The van der Waals surface area contributed by atoms with E-state index in [4.69, 9.17) is 15.5 Å². The van der Waals surface area contributed by atoms with Crippen molar-refractivity contribution < 1.29 is 19.6 Å². The van der Waals surface area contributed by atoms with E-state index in [1.54, 1.807) is 53.3 Å². The molecule has 0 aliphatic rings. The number of aromatic nitrogens is 4. The van der Waals surface area contributed by atoms with Crippen molar-refractivity contribution in [1.82, 2.24) is 29.4 Å². The predicted octanol–water partition coefficient (Wildman–Crippen LogP) is 5.26. The van der Waals surface area contributed by atoms with E-state index < -0.39 is 16.6 Å². The number of nitrogen functional groups attached to an aromatic ring is 1. The van der Waals surface area contributed by atoms with Crippen LogP contribution >= 0.6 is 22.7 Å². The molecule has 0 radical (unpaired) electrons. The number of nitrogens with two attached hydrogens (primary N) is 1. The number of thiazole rings is 2. The Labute approximate surface area is 271 Å². The summed E-state index contributed by atoms with van der Waals surface area (Å²) in [6.07, 6.45) is 3.42. The van der Waals surface area contributed by atoms with Crippen molar-refractivity contribution in [3.8, 4) is 22.5 Å². The van der Waals surface area contributed by atoms with Gasteiger partial charge in [-0.2, -0.15) is 0 Å². The number of nitrogens with one attached hydrogen (secondary N) is 2. The Hall–Kier alpha value is -4.83. The molecule has 6 rings (SSSR count). The Bertz CT molecular complexity index is 2040. The zero-order chi connectivity index (χ0) is 32.4. The number of hydrogen-bond acceptors (Lipinski definition) is 11. The highest BCUT2D eigenvalue weighted by Crippen LogP contribution is 2.33. The number of anilines is 1. The third-order valence-corrected chi connectivity index (χ3v) is 9.15. The summed E-state index contributed by atoms with van der Waals surface area (Å²) in [4.78, 5) is 34.7. The van der Waals surface area contributed by atoms with Crippen LogP contribution in [0.5, 0.6) is 0 Å². The molecule has 0 atom stereocenters. The summed E-state index contributed by atoms with van der Waals surface area (Å²) in [5, 5.41) is 31.3. The van der Waals surface area contributed by atoms with Crippen molar-refractivity contribution in [1.29, 1.82) is 0 Å². The number of aliphatic hydroxyl groups is 1. The van der Waals surface area contributed by atoms with E-state index in [9.17, 15) is 20.0 Å². The average Bonchev–Trinajstić information content (AvgIpc) is 3.78. The van der Waals surface area contributed by atoms with Gasteiger partial charge in [-0.25, -0.2) is 14.8 Å². The van der Waals surface area contributed by atoms with Gasteiger partial charge in [-0.3, -0.25) is 18.9 Å². The Morgan fingerprint density at radius 2 is 1.70 bits per heavy atom. The van der Waals surface area contributed by atoms with Crippen LogP contribution in [0.4, 0.5) is 16.2 Å². The molecule has 2 aromatic carbocycles. The smallest absolute Gasteiger partial charge is 0.407 e. The van der Waals surface area contributed by atoms with Crippen LogP contribution in [0.1, 0.15) is 30.8 Å². The fraction of sp³-hybridized carbons (Fsp3) is 0.258. The van der Waals surface area contributed by atoms with Crippen molar-refractivity contribution in [2.24, 2.45) is 0 Å². The highest BCUT2D eigenvalue weighted by Gasteiger charge is 2.26. The lowest BCUT2D eigenvalue weighted by atomic mass is 9.95. The van der Waals surface area contributed by atoms with Gasteiger partial charge >= 0.3 is 6.09 Å². The number of aliphatic hydroxyl groups excluding tert-OH is 1. The summed E-state index contributed by atoms with van der Waals surface area (Å²) >= 11 is 2.89. The lowest BCUT2D eigenvalue weighted by molar-refractivity contribution is -0.384. The molecule has 238 valence electrons. The molecule has 0 saturated heterocycles. The van der Waals surface area contributed by atoms with Crippen molar-refractivity contribution in [2.75, 3.05) is 18.8 Å². The molecule has 4 heterocycles. The van der Waals surface area contributed by atoms with Gasteiger partial charge in [0.2, 0.25) is 0 Å². The van der Waals surface area contributed by atoms with Gasteiger partial charge in [0, 0.05) is 72.2 Å². The Kier molecular flexibility index (Phi) is 8.73. The van der Waals surface area contributed by atoms with Gasteiger partial charge in [0.05, 0.1) is 34.2 Å². The van der Waals surface area contributed by atoms with Crippen molar-refractivity contribution in [2.45, 2.75) is 39.0 Å². The average molecular weight is 661 g/mol. The predicted molar refractivity (Wildman–Crippen MR) is 178 cm³/mol. The van der Waals surface area contributed by atoms with Crippen LogP contribution in [0, 0.1) is 10.1 Å². The number of benzene rings is 2. The molecule has 0 aliphatic heterocycles. The van der Waals surface area contributed by atoms with Crippen molar-refractivity contribution in [3.63, 3.8) is 0 Å². The largest absolute Gasteiger partial charge is 0.443 e. The first kappa shape index (κ1) is 31.2. The maximum atomic E-state index is 12.6. The number of carbonyl (C=O) groups excluding carboxylic acids is 1. The molecule has 46 heavy (non-hydrogen) atoms. The topological polar surface area (TPSA) is 174 Å². The van der Waals surface area contributed by atoms with Crippen LogP contribution < -0.4 is 16.4 Å². The number of amides is 1. The molecule has 5 N–H and O–H groups in total. The van der Waals surface area contributed by atoms with Gasteiger partial charge < -0.3 is 26.2 Å².